The Morgan fingerprint density at radius 1 is 1.64 bits per heavy atom. The highest BCUT2D eigenvalue weighted by molar-refractivity contribution is 7.85. The van der Waals surface area contributed by atoms with Crippen molar-refractivity contribution in [3.05, 3.63) is 28.8 Å². The Morgan fingerprint density at radius 3 is 2.86 bits per heavy atom. The summed E-state index contributed by atoms with van der Waals surface area (Å²) in [7, 11) is -3.56. The zero-order valence-corrected chi connectivity index (χ0v) is 8.77. The van der Waals surface area contributed by atoms with Crippen LogP contribution in [0.25, 0.3) is 0 Å². The quantitative estimate of drug-likeness (QED) is 0.590. The van der Waals surface area contributed by atoms with Crippen LogP contribution in [0.2, 0.25) is 5.15 Å². The number of pyridine rings is 1. The fourth-order valence-corrected chi connectivity index (χ4v) is 1.24. The predicted molar refractivity (Wildman–Crippen MR) is 48.8 cm³/mol. The average Bonchev–Trinajstić information content (AvgIpc) is 2.05. The molecule has 0 aliphatic carbocycles. The fraction of sp³-hybridized carbons (Fsp3) is 0.286. The Morgan fingerprint density at radius 2 is 2.29 bits per heavy atom. The van der Waals surface area contributed by atoms with Gasteiger partial charge in [0.15, 0.2) is 0 Å². The first-order valence-electron chi connectivity index (χ1n) is 3.53. The lowest BCUT2D eigenvalue weighted by Crippen LogP contribution is -2.03. The van der Waals surface area contributed by atoms with Gasteiger partial charge in [0.05, 0.1) is 19.1 Å². The molecule has 0 fully saturated rings. The molecule has 4 nitrogen and oxygen atoms in total. The van der Waals surface area contributed by atoms with Crippen LogP contribution in [0.1, 0.15) is 5.56 Å². The minimum atomic E-state index is -3.56. The van der Waals surface area contributed by atoms with Gasteiger partial charge in [0.1, 0.15) is 11.0 Å². The Balaban J connectivity index is 2.81. The van der Waals surface area contributed by atoms with Gasteiger partial charge < -0.3 is 0 Å². The van der Waals surface area contributed by atoms with E-state index in [0.717, 1.165) is 18.5 Å². The van der Waals surface area contributed by atoms with Crippen LogP contribution in [-0.4, -0.2) is 19.7 Å². The van der Waals surface area contributed by atoms with Gasteiger partial charge in [-0.25, -0.2) is 9.37 Å². The molecule has 0 spiro atoms. The molecule has 1 aromatic heterocycles. The lowest BCUT2D eigenvalue weighted by atomic mass is 10.3. The summed E-state index contributed by atoms with van der Waals surface area (Å²) in [6.07, 6.45) is 1.83. The maximum absolute atomic E-state index is 12.6. The highest BCUT2D eigenvalue weighted by Gasteiger charge is 2.07. The Labute approximate surface area is 85.8 Å². The maximum atomic E-state index is 12.6. The van der Waals surface area contributed by atoms with Crippen molar-refractivity contribution < 1.29 is 17.0 Å². The molecule has 78 valence electrons. The molecule has 0 aromatic carbocycles. The lowest BCUT2D eigenvalue weighted by molar-refractivity contribution is 0.310. The van der Waals surface area contributed by atoms with Gasteiger partial charge >= 0.3 is 0 Å². The number of nitrogens with zero attached hydrogens (tertiary/aromatic N) is 1. The van der Waals surface area contributed by atoms with E-state index in [0.29, 0.717) is 0 Å². The monoisotopic (exact) mass is 239 g/mol. The summed E-state index contributed by atoms with van der Waals surface area (Å²) < 4.78 is 38.3. The van der Waals surface area contributed by atoms with Gasteiger partial charge in [-0.1, -0.05) is 11.6 Å². The predicted octanol–water partition coefficient (Wildman–Crippen LogP) is 1.35. The van der Waals surface area contributed by atoms with E-state index in [1.807, 2.05) is 0 Å². The summed E-state index contributed by atoms with van der Waals surface area (Å²) in [6, 6.07) is 1.07. The van der Waals surface area contributed by atoms with Gasteiger partial charge in [-0.15, -0.1) is 0 Å². The molecule has 0 unspecified atom stereocenters. The van der Waals surface area contributed by atoms with Crippen LogP contribution in [0.15, 0.2) is 12.3 Å². The van der Waals surface area contributed by atoms with Gasteiger partial charge in [-0.2, -0.15) is 8.42 Å². The molecule has 0 aliphatic rings. The molecule has 0 saturated heterocycles. The van der Waals surface area contributed by atoms with Gasteiger partial charge in [0.25, 0.3) is 10.1 Å². The van der Waals surface area contributed by atoms with Crippen molar-refractivity contribution in [1.29, 1.82) is 0 Å². The van der Waals surface area contributed by atoms with E-state index < -0.39 is 15.9 Å². The first-order chi connectivity index (χ1) is 6.38. The van der Waals surface area contributed by atoms with Crippen LogP contribution in [0, 0.1) is 5.82 Å². The standard InChI is InChI=1S/C7H7ClFNO3S/c1-14(11,12)13-4-5-2-6(9)3-10-7(5)8/h2-3H,4H2,1H3. The van der Waals surface area contributed by atoms with Gasteiger partial charge in [-0.3, -0.25) is 4.18 Å². The van der Waals surface area contributed by atoms with Gasteiger partial charge in [0, 0.05) is 5.56 Å². The molecule has 1 heterocycles. The van der Waals surface area contributed by atoms with Crippen LogP contribution < -0.4 is 0 Å². The number of rotatable bonds is 3. The van der Waals surface area contributed by atoms with E-state index in [-0.39, 0.29) is 17.3 Å². The first kappa shape index (κ1) is 11.4. The number of hydrogen-bond acceptors (Lipinski definition) is 4. The largest absolute Gasteiger partial charge is 0.265 e. The van der Waals surface area contributed by atoms with Crippen molar-refractivity contribution in [3.8, 4) is 0 Å². The molecule has 0 radical (unpaired) electrons. The molecule has 1 aromatic rings. The third-order valence-corrected chi connectivity index (χ3v) is 2.19. The number of aromatic nitrogens is 1. The molecule has 0 amide bonds. The van der Waals surface area contributed by atoms with Crippen LogP contribution in [-0.2, 0) is 20.9 Å². The topological polar surface area (TPSA) is 56.3 Å². The zero-order chi connectivity index (χ0) is 10.8. The molecule has 0 aliphatic heterocycles. The second kappa shape index (κ2) is 4.20. The van der Waals surface area contributed by atoms with E-state index in [9.17, 15) is 12.8 Å². The summed E-state index contributed by atoms with van der Waals surface area (Å²) in [5, 5.41) is 0.0232. The summed E-state index contributed by atoms with van der Waals surface area (Å²) >= 11 is 5.57. The van der Waals surface area contributed by atoms with Gasteiger partial charge in [-0.05, 0) is 6.07 Å². The van der Waals surface area contributed by atoms with E-state index in [4.69, 9.17) is 11.6 Å². The van der Waals surface area contributed by atoms with Crippen molar-refractivity contribution >= 4 is 21.7 Å². The number of halogens is 2. The van der Waals surface area contributed by atoms with E-state index in [1.165, 1.54) is 0 Å². The third-order valence-electron chi connectivity index (χ3n) is 1.31. The molecular weight excluding hydrogens is 233 g/mol. The normalized spacial score (nSPS) is 11.6. The smallest absolute Gasteiger partial charge is 0.264 e. The van der Waals surface area contributed by atoms with Crippen LogP contribution in [0.3, 0.4) is 0 Å². The number of hydrogen-bond donors (Lipinski definition) is 0. The molecule has 0 bridgehead atoms. The van der Waals surface area contributed by atoms with Crippen LogP contribution in [0.4, 0.5) is 4.39 Å². The third kappa shape index (κ3) is 3.57. The summed E-state index contributed by atoms with van der Waals surface area (Å²) in [5.41, 5.74) is 0.192. The highest BCUT2D eigenvalue weighted by atomic mass is 35.5. The second-order valence-electron chi connectivity index (χ2n) is 2.57. The Hall–Kier alpha value is -0.720. The van der Waals surface area contributed by atoms with E-state index >= 15 is 0 Å². The maximum Gasteiger partial charge on any atom is 0.264 e. The van der Waals surface area contributed by atoms with E-state index in [1.54, 1.807) is 0 Å². The lowest BCUT2D eigenvalue weighted by Gasteiger charge is -2.02. The van der Waals surface area contributed by atoms with Crippen molar-refractivity contribution in [1.82, 2.24) is 4.98 Å². The minimum absolute atomic E-state index is 0.0232. The minimum Gasteiger partial charge on any atom is -0.265 e. The summed E-state index contributed by atoms with van der Waals surface area (Å²) in [6.45, 7) is -0.317. The van der Waals surface area contributed by atoms with Crippen molar-refractivity contribution in [3.63, 3.8) is 0 Å². The molecule has 14 heavy (non-hydrogen) atoms. The van der Waals surface area contributed by atoms with Crippen molar-refractivity contribution in [2.24, 2.45) is 0 Å². The molecule has 0 N–H and O–H groups in total. The van der Waals surface area contributed by atoms with Crippen LogP contribution >= 0.6 is 11.6 Å². The molecule has 0 saturated carbocycles. The Bertz CT molecular complexity index is 435. The second-order valence-corrected chi connectivity index (χ2v) is 4.57. The molecule has 1 rings (SSSR count). The molecule has 7 heteroatoms. The fourth-order valence-electron chi connectivity index (χ4n) is 0.736. The summed E-state index contributed by atoms with van der Waals surface area (Å²) in [4.78, 5) is 3.49. The highest BCUT2D eigenvalue weighted by Crippen LogP contribution is 2.15. The first-order valence-corrected chi connectivity index (χ1v) is 5.72. The van der Waals surface area contributed by atoms with Crippen molar-refractivity contribution in [2.45, 2.75) is 6.61 Å². The molecule has 0 atom stereocenters. The zero-order valence-electron chi connectivity index (χ0n) is 7.20. The van der Waals surface area contributed by atoms with E-state index in [2.05, 4.69) is 9.17 Å². The van der Waals surface area contributed by atoms with Gasteiger partial charge in [0.2, 0.25) is 0 Å². The molecular formula is C7H7ClFNO3S. The summed E-state index contributed by atoms with van der Waals surface area (Å²) in [5.74, 6) is -0.596. The van der Waals surface area contributed by atoms with Crippen LogP contribution in [0.5, 0.6) is 0 Å². The SMILES string of the molecule is CS(=O)(=O)OCc1cc(F)cnc1Cl. The average molecular weight is 240 g/mol. The van der Waals surface area contributed by atoms with Crippen molar-refractivity contribution in [2.75, 3.05) is 6.26 Å². The Kier molecular flexibility index (Phi) is 3.41.